The molecule has 0 aromatic heterocycles. The molecule has 1 heterocycles. The van der Waals surface area contributed by atoms with Crippen molar-refractivity contribution in [3.63, 3.8) is 0 Å². The number of imide groups is 1. The summed E-state index contributed by atoms with van der Waals surface area (Å²) in [5.74, 6) is -2.31. The van der Waals surface area contributed by atoms with Crippen LogP contribution in [0.25, 0.3) is 0 Å². The summed E-state index contributed by atoms with van der Waals surface area (Å²) >= 11 is 12.1. The number of hydrogen-bond donors (Lipinski definition) is 1. The summed E-state index contributed by atoms with van der Waals surface area (Å²) in [5.41, 5.74) is 0.909. The maximum atomic E-state index is 12.9. The van der Waals surface area contributed by atoms with Gasteiger partial charge in [-0.25, -0.2) is 0 Å². The zero-order valence-corrected chi connectivity index (χ0v) is 16.1. The Morgan fingerprint density at radius 1 is 1.11 bits per heavy atom. The third-order valence-electron chi connectivity index (χ3n) is 4.02. The average molecular weight is 421 g/mol. The Morgan fingerprint density at radius 3 is 2.57 bits per heavy atom. The monoisotopic (exact) mass is 420 g/mol. The number of anilines is 1. The lowest BCUT2D eigenvalue weighted by molar-refractivity contribution is -0.144. The van der Waals surface area contributed by atoms with Crippen LogP contribution in [0.5, 0.6) is 0 Å². The van der Waals surface area contributed by atoms with E-state index >= 15 is 0 Å². The van der Waals surface area contributed by atoms with Crippen molar-refractivity contribution in [3.05, 3.63) is 63.1 Å². The average Bonchev–Trinajstić information content (AvgIpc) is 2.89. The van der Waals surface area contributed by atoms with Gasteiger partial charge in [0.2, 0.25) is 0 Å². The molecule has 3 amide bonds. The molecule has 1 aliphatic heterocycles. The molecule has 0 bridgehead atoms. The zero-order chi connectivity index (χ0) is 20.4. The summed E-state index contributed by atoms with van der Waals surface area (Å²) in [5, 5.41) is 3.29. The summed E-state index contributed by atoms with van der Waals surface area (Å²) in [4.78, 5) is 49.4. The van der Waals surface area contributed by atoms with Gasteiger partial charge in [0.25, 0.3) is 17.7 Å². The Morgan fingerprint density at radius 2 is 1.86 bits per heavy atom. The van der Waals surface area contributed by atoms with Crippen LogP contribution in [0.15, 0.2) is 36.4 Å². The van der Waals surface area contributed by atoms with E-state index in [2.05, 4.69) is 10.1 Å². The lowest BCUT2D eigenvalue weighted by Crippen LogP contribution is -2.29. The summed E-state index contributed by atoms with van der Waals surface area (Å²) in [6.45, 7) is 0.615. The Labute approximate surface area is 170 Å². The van der Waals surface area contributed by atoms with Crippen molar-refractivity contribution in [1.29, 1.82) is 0 Å². The molecule has 2 aromatic carbocycles. The molecular weight excluding hydrogens is 407 g/mol. The van der Waals surface area contributed by atoms with Gasteiger partial charge in [0.15, 0.2) is 6.61 Å². The highest BCUT2D eigenvalue weighted by Crippen LogP contribution is 2.32. The molecule has 0 fully saturated rings. The number of esters is 1. The topological polar surface area (TPSA) is 92.8 Å². The molecule has 1 N–H and O–H groups in total. The lowest BCUT2D eigenvalue weighted by Gasteiger charge is -2.15. The van der Waals surface area contributed by atoms with Gasteiger partial charge in [0.05, 0.1) is 23.4 Å². The van der Waals surface area contributed by atoms with Crippen molar-refractivity contribution >= 4 is 52.6 Å². The molecule has 0 unspecified atom stereocenters. The number of carbonyl (C=O) groups is 4. The van der Waals surface area contributed by atoms with Crippen LogP contribution >= 0.6 is 23.2 Å². The van der Waals surface area contributed by atoms with Crippen molar-refractivity contribution in [2.75, 3.05) is 11.9 Å². The fourth-order valence-electron chi connectivity index (χ4n) is 2.77. The van der Waals surface area contributed by atoms with E-state index in [0.29, 0.717) is 15.6 Å². The number of fused-ring (bicyclic) bond motifs is 1. The van der Waals surface area contributed by atoms with Gasteiger partial charge in [-0.05, 0) is 35.9 Å². The maximum absolute atomic E-state index is 12.9. The molecule has 28 heavy (non-hydrogen) atoms. The van der Waals surface area contributed by atoms with E-state index < -0.39 is 30.3 Å². The fraction of sp³-hybridized carbons (Fsp3) is 0.158. The van der Waals surface area contributed by atoms with E-state index in [1.807, 2.05) is 0 Å². The molecule has 0 saturated heterocycles. The molecule has 1 aliphatic rings. The molecule has 7 nitrogen and oxygen atoms in total. The molecule has 0 spiro atoms. The molecule has 0 atom stereocenters. The van der Waals surface area contributed by atoms with Crippen LogP contribution in [0.2, 0.25) is 10.0 Å². The van der Waals surface area contributed by atoms with E-state index in [0.717, 1.165) is 4.90 Å². The van der Waals surface area contributed by atoms with E-state index in [-0.39, 0.29) is 23.4 Å². The SMILES string of the molecule is CC(=O)OCC(=O)Nc1cccc2c1C(=O)N(Cc1cc(Cl)ccc1Cl)C2=O. The molecule has 0 radical (unpaired) electrons. The summed E-state index contributed by atoms with van der Waals surface area (Å²) in [6, 6.07) is 9.30. The Balaban J connectivity index is 1.86. The minimum absolute atomic E-state index is 0.0629. The van der Waals surface area contributed by atoms with Gasteiger partial charge in [0.1, 0.15) is 0 Å². The molecule has 9 heteroatoms. The van der Waals surface area contributed by atoms with Crippen molar-refractivity contribution in [2.45, 2.75) is 13.5 Å². The molecule has 144 valence electrons. The molecular formula is C19H14Cl2N2O5. The number of ether oxygens (including phenoxy) is 1. The Hall–Kier alpha value is -2.90. The number of rotatable bonds is 5. The lowest BCUT2D eigenvalue weighted by atomic mass is 10.1. The number of nitrogens with zero attached hydrogens (tertiary/aromatic N) is 1. The highest BCUT2D eigenvalue weighted by molar-refractivity contribution is 6.33. The van der Waals surface area contributed by atoms with Gasteiger partial charge in [-0.2, -0.15) is 0 Å². The summed E-state index contributed by atoms with van der Waals surface area (Å²) in [6.07, 6.45) is 0. The van der Waals surface area contributed by atoms with E-state index in [9.17, 15) is 19.2 Å². The standard InChI is InChI=1S/C19H14Cl2N2O5/c1-10(24)28-9-16(25)22-15-4-2-3-13-17(15)19(27)23(18(13)26)8-11-7-12(20)5-6-14(11)21/h2-7H,8-9H2,1H3,(H,22,25). The quantitative estimate of drug-likeness (QED) is 0.591. The first-order valence-corrected chi connectivity index (χ1v) is 8.90. The first-order valence-electron chi connectivity index (χ1n) is 8.14. The van der Waals surface area contributed by atoms with Crippen LogP contribution in [0.4, 0.5) is 5.69 Å². The number of amides is 3. The van der Waals surface area contributed by atoms with Crippen LogP contribution in [0.1, 0.15) is 33.2 Å². The third kappa shape index (κ3) is 4.00. The van der Waals surface area contributed by atoms with Crippen molar-refractivity contribution in [1.82, 2.24) is 4.90 Å². The smallest absolute Gasteiger partial charge is 0.303 e. The highest BCUT2D eigenvalue weighted by Gasteiger charge is 2.38. The third-order valence-corrected chi connectivity index (χ3v) is 4.62. The first kappa shape index (κ1) is 19.9. The van der Waals surface area contributed by atoms with E-state index in [4.69, 9.17) is 23.2 Å². The predicted octanol–water partition coefficient (Wildman–Crippen LogP) is 3.29. The number of benzene rings is 2. The maximum Gasteiger partial charge on any atom is 0.303 e. The molecule has 3 rings (SSSR count). The second kappa shape index (κ2) is 8.00. The van der Waals surface area contributed by atoms with Gasteiger partial charge < -0.3 is 10.1 Å². The van der Waals surface area contributed by atoms with Gasteiger partial charge in [0, 0.05) is 17.0 Å². The number of carbonyl (C=O) groups excluding carboxylic acids is 4. The van der Waals surface area contributed by atoms with E-state index in [1.54, 1.807) is 24.3 Å². The van der Waals surface area contributed by atoms with Gasteiger partial charge in [-0.1, -0.05) is 29.3 Å². The molecule has 0 saturated carbocycles. The van der Waals surface area contributed by atoms with E-state index in [1.165, 1.54) is 19.1 Å². The highest BCUT2D eigenvalue weighted by atomic mass is 35.5. The second-order valence-corrected chi connectivity index (χ2v) is 6.83. The molecule has 2 aromatic rings. The number of halogens is 2. The van der Waals surface area contributed by atoms with Crippen LogP contribution in [0, 0.1) is 0 Å². The van der Waals surface area contributed by atoms with Crippen LogP contribution < -0.4 is 5.32 Å². The largest absolute Gasteiger partial charge is 0.456 e. The predicted molar refractivity (Wildman–Crippen MR) is 102 cm³/mol. The van der Waals surface area contributed by atoms with Gasteiger partial charge in [-0.15, -0.1) is 0 Å². The minimum Gasteiger partial charge on any atom is -0.456 e. The Bertz CT molecular complexity index is 1010. The van der Waals surface area contributed by atoms with Crippen molar-refractivity contribution < 1.29 is 23.9 Å². The number of nitrogens with one attached hydrogen (secondary N) is 1. The molecule has 0 aliphatic carbocycles. The van der Waals surface area contributed by atoms with Crippen LogP contribution in [-0.4, -0.2) is 35.2 Å². The van der Waals surface area contributed by atoms with Crippen molar-refractivity contribution in [3.8, 4) is 0 Å². The van der Waals surface area contributed by atoms with Gasteiger partial charge >= 0.3 is 5.97 Å². The fourth-order valence-corrected chi connectivity index (χ4v) is 3.14. The normalized spacial score (nSPS) is 12.8. The Kier molecular flexibility index (Phi) is 5.67. The van der Waals surface area contributed by atoms with Gasteiger partial charge in [-0.3, -0.25) is 24.1 Å². The summed E-state index contributed by atoms with van der Waals surface area (Å²) < 4.78 is 4.63. The number of hydrogen-bond acceptors (Lipinski definition) is 5. The van der Waals surface area contributed by atoms with Crippen LogP contribution in [-0.2, 0) is 20.9 Å². The zero-order valence-electron chi connectivity index (χ0n) is 14.6. The second-order valence-electron chi connectivity index (χ2n) is 5.99. The van der Waals surface area contributed by atoms with Crippen LogP contribution in [0.3, 0.4) is 0 Å². The minimum atomic E-state index is -0.625. The first-order chi connectivity index (χ1) is 13.3. The summed E-state index contributed by atoms with van der Waals surface area (Å²) in [7, 11) is 0. The van der Waals surface area contributed by atoms with Crippen molar-refractivity contribution in [2.24, 2.45) is 0 Å².